The van der Waals surface area contributed by atoms with E-state index in [1.807, 2.05) is 0 Å². The first-order valence-electron chi connectivity index (χ1n) is 7.64. The average Bonchev–Trinajstić information content (AvgIpc) is 2.54. The van der Waals surface area contributed by atoms with Gasteiger partial charge in [0.2, 0.25) is 0 Å². The number of nitrogens with zero attached hydrogens (tertiary/aromatic N) is 2. The first-order chi connectivity index (χ1) is 11.3. The molecule has 2 heterocycles. The maximum absolute atomic E-state index is 12.9. The van der Waals surface area contributed by atoms with E-state index >= 15 is 0 Å². The number of benzene rings is 1. The Morgan fingerprint density at radius 3 is 2.88 bits per heavy atom. The summed E-state index contributed by atoms with van der Waals surface area (Å²) in [5.41, 5.74) is 0.974. The Bertz CT molecular complexity index is 636. The zero-order chi connectivity index (χ0) is 17.3. The molecule has 0 amide bonds. The largest absolute Gasteiger partial charge is 0.467 e. The van der Waals surface area contributed by atoms with Crippen molar-refractivity contribution in [3.8, 4) is 5.75 Å². The number of alkyl halides is 3. The lowest BCUT2D eigenvalue weighted by molar-refractivity contribution is -0.385. The van der Waals surface area contributed by atoms with Crippen LogP contribution < -0.4 is 4.74 Å². The lowest BCUT2D eigenvalue weighted by Gasteiger charge is -2.34. The van der Waals surface area contributed by atoms with E-state index in [0.29, 0.717) is 29.8 Å². The van der Waals surface area contributed by atoms with Crippen LogP contribution in [-0.4, -0.2) is 35.9 Å². The molecule has 1 saturated heterocycles. The third-order valence-electron chi connectivity index (χ3n) is 4.34. The summed E-state index contributed by atoms with van der Waals surface area (Å²) in [7, 11) is 0. The number of rotatable bonds is 3. The predicted molar refractivity (Wildman–Crippen MR) is 77.4 cm³/mol. The van der Waals surface area contributed by atoms with Crippen molar-refractivity contribution in [2.75, 3.05) is 19.9 Å². The lowest BCUT2D eigenvalue weighted by atomic mass is 9.96. The van der Waals surface area contributed by atoms with Crippen LogP contribution in [0, 0.1) is 16.0 Å². The minimum absolute atomic E-state index is 0.0307. The number of nitro groups is 1. The van der Waals surface area contributed by atoms with Crippen molar-refractivity contribution >= 4 is 5.69 Å². The van der Waals surface area contributed by atoms with Gasteiger partial charge in [-0.1, -0.05) is 0 Å². The SMILES string of the molecule is O=[N+]([O-])c1cc2c(c(CN3CCC[C@H](C(F)(F)F)C3)c1)OCOC2. The summed E-state index contributed by atoms with van der Waals surface area (Å²) in [6.45, 7) is 0.840. The molecule has 0 saturated carbocycles. The van der Waals surface area contributed by atoms with Gasteiger partial charge >= 0.3 is 6.18 Å². The second-order valence-electron chi connectivity index (χ2n) is 6.08. The highest BCUT2D eigenvalue weighted by Crippen LogP contribution is 2.36. The Balaban J connectivity index is 1.83. The Morgan fingerprint density at radius 2 is 2.17 bits per heavy atom. The Morgan fingerprint density at radius 1 is 1.38 bits per heavy atom. The first-order valence-corrected chi connectivity index (χ1v) is 7.64. The Kier molecular flexibility index (Phi) is 4.64. The number of piperidine rings is 1. The standard InChI is InChI=1S/C15H17F3N2O4/c16-15(17,18)12-2-1-3-19(7-12)6-10-4-13(20(21)22)5-11-8-23-9-24-14(10)11/h4-5,12H,1-3,6-9H2/t12-/m0/s1. The van der Waals surface area contributed by atoms with Crippen LogP contribution in [0.3, 0.4) is 0 Å². The molecule has 0 spiro atoms. The van der Waals surface area contributed by atoms with Crippen LogP contribution in [0.15, 0.2) is 12.1 Å². The quantitative estimate of drug-likeness (QED) is 0.621. The van der Waals surface area contributed by atoms with Crippen LogP contribution in [0.5, 0.6) is 5.75 Å². The van der Waals surface area contributed by atoms with E-state index in [1.165, 1.54) is 12.1 Å². The molecule has 0 bridgehead atoms. The lowest BCUT2D eigenvalue weighted by Crippen LogP contribution is -2.41. The molecule has 2 aliphatic heterocycles. The molecule has 1 aromatic carbocycles. The van der Waals surface area contributed by atoms with Gasteiger partial charge in [-0.3, -0.25) is 15.0 Å². The molecule has 6 nitrogen and oxygen atoms in total. The summed E-state index contributed by atoms with van der Waals surface area (Å²) >= 11 is 0. The molecule has 24 heavy (non-hydrogen) atoms. The molecule has 1 fully saturated rings. The third kappa shape index (κ3) is 3.62. The monoisotopic (exact) mass is 346 g/mol. The van der Waals surface area contributed by atoms with Crippen LogP contribution in [-0.2, 0) is 17.9 Å². The van der Waals surface area contributed by atoms with E-state index in [0.717, 1.165) is 0 Å². The highest BCUT2D eigenvalue weighted by molar-refractivity contribution is 5.50. The molecule has 0 unspecified atom stereocenters. The fraction of sp³-hybridized carbons (Fsp3) is 0.600. The molecule has 0 N–H and O–H groups in total. The number of nitro benzene ring substituents is 1. The van der Waals surface area contributed by atoms with Crippen molar-refractivity contribution in [2.45, 2.75) is 32.2 Å². The molecule has 0 aliphatic carbocycles. The van der Waals surface area contributed by atoms with Gasteiger partial charge in [-0.2, -0.15) is 13.2 Å². The number of hydrogen-bond acceptors (Lipinski definition) is 5. The summed E-state index contributed by atoms with van der Waals surface area (Å²) < 4.78 is 49.4. The molecule has 9 heteroatoms. The van der Waals surface area contributed by atoms with Gasteiger partial charge in [-0.25, -0.2) is 0 Å². The molecule has 2 aliphatic rings. The summed E-state index contributed by atoms with van der Waals surface area (Å²) in [6.07, 6.45) is -3.65. The van der Waals surface area contributed by atoms with Crippen LogP contribution in [0.25, 0.3) is 0 Å². The second kappa shape index (κ2) is 6.56. The molecule has 132 valence electrons. The van der Waals surface area contributed by atoms with Crippen LogP contribution in [0.2, 0.25) is 0 Å². The van der Waals surface area contributed by atoms with E-state index < -0.39 is 17.0 Å². The van der Waals surface area contributed by atoms with Gasteiger partial charge in [0.1, 0.15) is 5.75 Å². The molecule has 3 rings (SSSR count). The minimum Gasteiger partial charge on any atom is -0.467 e. The molecule has 0 radical (unpaired) electrons. The van der Waals surface area contributed by atoms with Crippen LogP contribution in [0.1, 0.15) is 24.0 Å². The van der Waals surface area contributed by atoms with Crippen molar-refractivity contribution in [2.24, 2.45) is 5.92 Å². The Hall–Kier alpha value is -1.87. The molecule has 1 aromatic rings. The normalized spacial score (nSPS) is 21.9. The van der Waals surface area contributed by atoms with Gasteiger partial charge in [-0.15, -0.1) is 0 Å². The minimum atomic E-state index is -4.22. The smallest absolute Gasteiger partial charge is 0.393 e. The van der Waals surface area contributed by atoms with Gasteiger partial charge in [-0.05, 0) is 19.4 Å². The molecule has 1 atom stereocenters. The zero-order valence-electron chi connectivity index (χ0n) is 12.8. The topological polar surface area (TPSA) is 64.8 Å². The number of fused-ring (bicyclic) bond motifs is 1. The van der Waals surface area contributed by atoms with Crippen molar-refractivity contribution in [3.63, 3.8) is 0 Å². The van der Waals surface area contributed by atoms with Crippen molar-refractivity contribution in [1.82, 2.24) is 4.90 Å². The summed E-state index contributed by atoms with van der Waals surface area (Å²) in [6, 6.07) is 2.76. The Labute approximate surface area is 136 Å². The fourth-order valence-electron chi connectivity index (χ4n) is 3.21. The fourth-order valence-corrected chi connectivity index (χ4v) is 3.21. The van der Waals surface area contributed by atoms with Gasteiger partial charge in [0.05, 0.1) is 17.4 Å². The summed E-state index contributed by atoms with van der Waals surface area (Å²) in [5, 5.41) is 11.1. The number of hydrogen-bond donors (Lipinski definition) is 0. The van der Waals surface area contributed by atoms with E-state index in [2.05, 4.69) is 0 Å². The van der Waals surface area contributed by atoms with Gasteiger partial charge in [0, 0.05) is 36.3 Å². The van der Waals surface area contributed by atoms with Crippen molar-refractivity contribution in [3.05, 3.63) is 33.4 Å². The van der Waals surface area contributed by atoms with Crippen LogP contribution in [0.4, 0.5) is 18.9 Å². The molecule has 0 aromatic heterocycles. The summed E-state index contributed by atoms with van der Waals surface area (Å²) in [4.78, 5) is 12.2. The number of likely N-dealkylation sites (tertiary alicyclic amines) is 1. The first kappa shape index (κ1) is 17.0. The molecular formula is C15H17F3N2O4. The number of halogens is 3. The van der Waals surface area contributed by atoms with Gasteiger partial charge < -0.3 is 9.47 Å². The number of non-ortho nitro benzene ring substituents is 1. The highest BCUT2D eigenvalue weighted by atomic mass is 19.4. The maximum Gasteiger partial charge on any atom is 0.393 e. The van der Waals surface area contributed by atoms with Gasteiger partial charge in [0.25, 0.3) is 5.69 Å². The van der Waals surface area contributed by atoms with E-state index in [4.69, 9.17) is 9.47 Å². The molecular weight excluding hydrogens is 329 g/mol. The summed E-state index contributed by atoms with van der Waals surface area (Å²) in [5.74, 6) is -0.869. The third-order valence-corrected chi connectivity index (χ3v) is 4.34. The van der Waals surface area contributed by atoms with Gasteiger partial charge in [0.15, 0.2) is 6.79 Å². The van der Waals surface area contributed by atoms with Crippen molar-refractivity contribution < 1.29 is 27.6 Å². The zero-order valence-corrected chi connectivity index (χ0v) is 12.8. The maximum atomic E-state index is 12.9. The van der Waals surface area contributed by atoms with Crippen LogP contribution >= 0.6 is 0 Å². The highest BCUT2D eigenvalue weighted by Gasteiger charge is 2.41. The number of ether oxygens (including phenoxy) is 2. The van der Waals surface area contributed by atoms with Crippen molar-refractivity contribution in [1.29, 1.82) is 0 Å². The van der Waals surface area contributed by atoms with E-state index in [-0.39, 0.29) is 38.6 Å². The average molecular weight is 346 g/mol. The van der Waals surface area contributed by atoms with E-state index in [1.54, 1.807) is 4.90 Å². The second-order valence-corrected chi connectivity index (χ2v) is 6.08. The van der Waals surface area contributed by atoms with E-state index in [9.17, 15) is 23.3 Å². The predicted octanol–water partition coefficient (Wildman–Crippen LogP) is 3.24.